The zero-order valence-corrected chi connectivity index (χ0v) is 18.2. The fourth-order valence-electron chi connectivity index (χ4n) is 3.50. The summed E-state index contributed by atoms with van der Waals surface area (Å²) in [6, 6.07) is 27.6. The average Bonchev–Trinajstić information content (AvgIpc) is 3.16. The summed E-state index contributed by atoms with van der Waals surface area (Å²) in [7, 11) is 0. The molecule has 5 nitrogen and oxygen atoms in total. The van der Waals surface area contributed by atoms with Crippen LogP contribution in [0, 0.1) is 4.77 Å². The molecule has 0 saturated carbocycles. The molecule has 0 radical (unpaired) electrons. The molecule has 0 saturated heterocycles. The predicted molar refractivity (Wildman–Crippen MR) is 126 cm³/mol. The zero-order chi connectivity index (χ0) is 21.6. The summed E-state index contributed by atoms with van der Waals surface area (Å²) in [5.74, 6) is 0.517. The second kappa shape index (κ2) is 9.73. The van der Waals surface area contributed by atoms with Crippen LogP contribution in [-0.4, -0.2) is 27.2 Å². The minimum Gasteiger partial charge on any atom is -0.354 e. The molecule has 0 spiro atoms. The minimum atomic E-state index is -0.135. The van der Waals surface area contributed by atoms with Gasteiger partial charge in [-0.1, -0.05) is 72.3 Å². The van der Waals surface area contributed by atoms with Gasteiger partial charge in [0, 0.05) is 23.0 Å². The fourth-order valence-corrected chi connectivity index (χ4v) is 3.82. The highest BCUT2D eigenvalue weighted by Gasteiger charge is 2.17. The number of carbonyl (C=O) groups is 1. The number of amides is 1. The third-order valence-corrected chi connectivity index (χ3v) is 5.63. The molecule has 4 aromatic rings. The average molecular weight is 449 g/mol. The summed E-state index contributed by atoms with van der Waals surface area (Å²) in [4.78, 5) is 12.8. The van der Waals surface area contributed by atoms with Crippen molar-refractivity contribution in [1.82, 2.24) is 20.1 Å². The second-order valence-electron chi connectivity index (χ2n) is 7.12. The lowest BCUT2D eigenvalue weighted by Crippen LogP contribution is -2.32. The Balaban J connectivity index is 1.51. The van der Waals surface area contributed by atoms with Crippen molar-refractivity contribution < 1.29 is 4.79 Å². The van der Waals surface area contributed by atoms with Crippen LogP contribution >= 0.6 is 23.8 Å². The first-order chi connectivity index (χ1) is 15.1. The highest BCUT2D eigenvalue weighted by atomic mass is 35.5. The van der Waals surface area contributed by atoms with Gasteiger partial charge >= 0.3 is 0 Å². The van der Waals surface area contributed by atoms with Crippen LogP contribution in [0.25, 0.3) is 11.4 Å². The third kappa shape index (κ3) is 5.10. The van der Waals surface area contributed by atoms with Gasteiger partial charge in [0.25, 0.3) is 0 Å². The SMILES string of the molecule is O=C(Cn1c(-c2ccc(Cl)cc2)n[nH]c1=S)NCC(c1ccccc1)c1ccccc1. The first-order valence-electron chi connectivity index (χ1n) is 9.89. The molecule has 0 fully saturated rings. The number of aromatic amines is 1. The van der Waals surface area contributed by atoms with E-state index in [9.17, 15) is 4.79 Å². The second-order valence-corrected chi connectivity index (χ2v) is 7.95. The lowest BCUT2D eigenvalue weighted by Gasteiger charge is -2.19. The quantitative estimate of drug-likeness (QED) is 0.381. The van der Waals surface area contributed by atoms with Crippen LogP contribution in [0.15, 0.2) is 84.9 Å². The highest BCUT2D eigenvalue weighted by Crippen LogP contribution is 2.24. The molecule has 0 atom stereocenters. The minimum absolute atomic E-state index is 0.0550. The van der Waals surface area contributed by atoms with Crippen LogP contribution < -0.4 is 5.32 Å². The molecular weight excluding hydrogens is 428 g/mol. The summed E-state index contributed by atoms with van der Waals surface area (Å²) in [6.45, 7) is 0.553. The molecule has 4 rings (SSSR count). The molecule has 0 bridgehead atoms. The van der Waals surface area contributed by atoms with Crippen LogP contribution in [0.4, 0.5) is 0 Å². The summed E-state index contributed by atoms with van der Waals surface area (Å²) < 4.78 is 2.08. The van der Waals surface area contributed by atoms with Gasteiger partial charge in [-0.25, -0.2) is 0 Å². The summed E-state index contributed by atoms with van der Waals surface area (Å²) in [5, 5.41) is 10.8. The largest absolute Gasteiger partial charge is 0.354 e. The molecule has 31 heavy (non-hydrogen) atoms. The standard InChI is InChI=1S/C24H21ClN4OS/c25-20-13-11-19(12-14-20)23-27-28-24(31)29(23)16-22(30)26-15-21(17-7-3-1-4-8-17)18-9-5-2-6-10-18/h1-14,21H,15-16H2,(H,26,30)(H,28,31). The molecular formula is C24H21ClN4OS. The number of benzene rings is 3. The van der Waals surface area contributed by atoms with E-state index in [1.54, 1.807) is 16.7 Å². The van der Waals surface area contributed by atoms with Gasteiger partial charge in [0.1, 0.15) is 6.54 Å². The molecule has 0 aliphatic carbocycles. The molecule has 1 heterocycles. The van der Waals surface area contributed by atoms with Gasteiger partial charge in [-0.05, 0) is 47.6 Å². The summed E-state index contributed by atoms with van der Waals surface area (Å²) in [5.41, 5.74) is 3.13. The number of H-pyrrole nitrogens is 1. The Morgan fingerprint density at radius 3 is 2.13 bits per heavy atom. The van der Waals surface area contributed by atoms with Crippen molar-refractivity contribution in [3.05, 3.63) is 106 Å². The number of nitrogens with one attached hydrogen (secondary N) is 2. The maximum Gasteiger partial charge on any atom is 0.240 e. The molecule has 2 N–H and O–H groups in total. The van der Waals surface area contributed by atoms with Gasteiger partial charge < -0.3 is 5.32 Å². The maximum absolute atomic E-state index is 12.8. The van der Waals surface area contributed by atoms with Crippen LogP contribution in [-0.2, 0) is 11.3 Å². The number of carbonyl (C=O) groups excluding carboxylic acids is 1. The van der Waals surface area contributed by atoms with Crippen molar-refractivity contribution in [2.45, 2.75) is 12.5 Å². The molecule has 0 aliphatic heterocycles. The van der Waals surface area contributed by atoms with Crippen molar-refractivity contribution in [1.29, 1.82) is 0 Å². The summed E-state index contributed by atoms with van der Waals surface area (Å²) >= 11 is 11.3. The smallest absolute Gasteiger partial charge is 0.240 e. The lowest BCUT2D eigenvalue weighted by molar-refractivity contribution is -0.121. The molecule has 0 aliphatic rings. The number of hydrogen-bond donors (Lipinski definition) is 2. The number of halogens is 1. The van der Waals surface area contributed by atoms with E-state index in [4.69, 9.17) is 23.8 Å². The predicted octanol–water partition coefficient (Wildman–Crippen LogP) is 5.21. The Kier molecular flexibility index (Phi) is 6.60. The Bertz CT molecular complexity index is 1160. The van der Waals surface area contributed by atoms with Gasteiger partial charge in [-0.15, -0.1) is 0 Å². The van der Waals surface area contributed by atoms with E-state index in [0.717, 1.165) is 16.7 Å². The van der Waals surface area contributed by atoms with Crippen molar-refractivity contribution in [2.75, 3.05) is 6.54 Å². The van der Waals surface area contributed by atoms with E-state index in [0.29, 0.717) is 22.2 Å². The third-order valence-electron chi connectivity index (χ3n) is 5.07. The van der Waals surface area contributed by atoms with E-state index in [-0.39, 0.29) is 18.4 Å². The first kappa shape index (κ1) is 21.0. The van der Waals surface area contributed by atoms with Crippen molar-refractivity contribution in [2.24, 2.45) is 0 Å². The van der Waals surface area contributed by atoms with Crippen LogP contribution in [0.3, 0.4) is 0 Å². The Hall–Kier alpha value is -3.22. The zero-order valence-electron chi connectivity index (χ0n) is 16.7. The van der Waals surface area contributed by atoms with E-state index in [1.165, 1.54) is 0 Å². The molecule has 7 heteroatoms. The van der Waals surface area contributed by atoms with Crippen LogP contribution in [0.5, 0.6) is 0 Å². The fraction of sp³-hybridized carbons (Fsp3) is 0.125. The van der Waals surface area contributed by atoms with Crippen molar-refractivity contribution >= 4 is 29.7 Å². The molecule has 156 valence electrons. The van der Waals surface area contributed by atoms with Gasteiger partial charge in [-0.2, -0.15) is 5.10 Å². The van der Waals surface area contributed by atoms with E-state index in [2.05, 4.69) is 39.8 Å². The molecule has 0 unspecified atom stereocenters. The van der Waals surface area contributed by atoms with E-state index in [1.807, 2.05) is 48.5 Å². The number of aromatic nitrogens is 3. The van der Waals surface area contributed by atoms with Crippen molar-refractivity contribution in [3.63, 3.8) is 0 Å². The van der Waals surface area contributed by atoms with Crippen molar-refractivity contribution in [3.8, 4) is 11.4 Å². The van der Waals surface area contributed by atoms with Gasteiger partial charge in [-0.3, -0.25) is 14.5 Å². The summed E-state index contributed by atoms with van der Waals surface area (Å²) in [6.07, 6.45) is 0. The van der Waals surface area contributed by atoms with Crippen LogP contribution in [0.1, 0.15) is 17.0 Å². The Morgan fingerprint density at radius 2 is 1.55 bits per heavy atom. The van der Waals surface area contributed by atoms with Gasteiger partial charge in [0.15, 0.2) is 10.6 Å². The van der Waals surface area contributed by atoms with Gasteiger partial charge in [0.05, 0.1) is 0 Å². The Labute approximate surface area is 190 Å². The lowest BCUT2D eigenvalue weighted by atomic mass is 9.91. The normalized spacial score (nSPS) is 10.9. The molecule has 1 amide bonds. The van der Waals surface area contributed by atoms with E-state index < -0.39 is 0 Å². The number of rotatable bonds is 7. The molecule has 3 aromatic carbocycles. The van der Waals surface area contributed by atoms with Crippen LogP contribution in [0.2, 0.25) is 5.02 Å². The number of hydrogen-bond acceptors (Lipinski definition) is 3. The molecule has 1 aromatic heterocycles. The topological polar surface area (TPSA) is 62.7 Å². The van der Waals surface area contributed by atoms with E-state index >= 15 is 0 Å². The highest BCUT2D eigenvalue weighted by molar-refractivity contribution is 7.71. The van der Waals surface area contributed by atoms with Gasteiger partial charge in [0.2, 0.25) is 5.91 Å². The first-order valence-corrected chi connectivity index (χ1v) is 10.7. The Morgan fingerprint density at radius 1 is 0.968 bits per heavy atom. The monoisotopic (exact) mass is 448 g/mol. The maximum atomic E-state index is 12.8. The number of nitrogens with zero attached hydrogens (tertiary/aromatic N) is 2.